The zero-order valence-electron chi connectivity index (χ0n) is 12.5. The number of carbonyl (C=O) groups excluding carboxylic acids is 2. The molecule has 120 valence electrons. The van der Waals surface area contributed by atoms with Crippen LogP contribution in [0.15, 0.2) is 47.1 Å². The maximum atomic E-state index is 11.9. The minimum atomic E-state index is -0.299. The van der Waals surface area contributed by atoms with E-state index in [0.717, 1.165) is 10.0 Å². The van der Waals surface area contributed by atoms with E-state index in [0.29, 0.717) is 18.0 Å². The number of hydrogen-bond donors (Lipinski definition) is 2. The summed E-state index contributed by atoms with van der Waals surface area (Å²) >= 11 is 3.30. The largest absolute Gasteiger partial charge is 0.481 e. The van der Waals surface area contributed by atoms with Crippen molar-refractivity contribution in [2.75, 3.05) is 13.7 Å². The summed E-state index contributed by atoms with van der Waals surface area (Å²) in [4.78, 5) is 27.7. The third-order valence-corrected chi connectivity index (χ3v) is 3.49. The minimum absolute atomic E-state index is 0.0884. The fourth-order valence-corrected chi connectivity index (χ4v) is 2.19. The second-order valence-corrected chi connectivity index (χ2v) is 5.59. The van der Waals surface area contributed by atoms with Gasteiger partial charge in [-0.05, 0) is 23.8 Å². The van der Waals surface area contributed by atoms with Gasteiger partial charge >= 0.3 is 0 Å². The van der Waals surface area contributed by atoms with E-state index >= 15 is 0 Å². The topological polar surface area (TPSA) is 80.3 Å². The molecule has 0 aliphatic carbocycles. The predicted molar refractivity (Wildman–Crippen MR) is 89.1 cm³/mol. The van der Waals surface area contributed by atoms with E-state index in [9.17, 15) is 9.59 Å². The average molecular weight is 378 g/mol. The summed E-state index contributed by atoms with van der Waals surface area (Å²) in [6.07, 6.45) is 1.62. The Morgan fingerprint density at radius 1 is 1.22 bits per heavy atom. The first kappa shape index (κ1) is 17.0. The number of carbonyl (C=O) groups is 2. The van der Waals surface area contributed by atoms with E-state index in [2.05, 4.69) is 31.5 Å². The SMILES string of the molecule is COc1ccc(CNC(=O)CNC(=O)c2cccc(Br)c2)cn1. The highest BCUT2D eigenvalue weighted by Gasteiger charge is 2.08. The molecule has 1 aromatic carbocycles. The number of pyridine rings is 1. The third kappa shape index (κ3) is 5.37. The molecule has 1 heterocycles. The number of hydrogen-bond acceptors (Lipinski definition) is 4. The van der Waals surface area contributed by atoms with Crippen molar-refractivity contribution in [1.82, 2.24) is 15.6 Å². The highest BCUT2D eigenvalue weighted by atomic mass is 79.9. The van der Waals surface area contributed by atoms with Crippen LogP contribution in [-0.2, 0) is 11.3 Å². The molecule has 2 amide bonds. The second kappa shape index (κ2) is 8.28. The Kier molecular flexibility index (Phi) is 6.10. The predicted octanol–water partition coefficient (Wildman–Crippen LogP) is 1.90. The van der Waals surface area contributed by atoms with Crippen molar-refractivity contribution in [2.24, 2.45) is 0 Å². The minimum Gasteiger partial charge on any atom is -0.481 e. The van der Waals surface area contributed by atoms with Gasteiger partial charge in [0.1, 0.15) is 0 Å². The zero-order chi connectivity index (χ0) is 16.7. The molecular weight excluding hydrogens is 362 g/mol. The van der Waals surface area contributed by atoms with Crippen molar-refractivity contribution in [1.29, 1.82) is 0 Å². The van der Waals surface area contributed by atoms with Crippen molar-refractivity contribution < 1.29 is 14.3 Å². The van der Waals surface area contributed by atoms with Gasteiger partial charge in [0.2, 0.25) is 11.8 Å². The average Bonchev–Trinajstić information content (AvgIpc) is 2.58. The molecule has 0 saturated heterocycles. The Bertz CT molecular complexity index is 689. The molecule has 2 aromatic rings. The molecule has 6 nitrogen and oxygen atoms in total. The van der Waals surface area contributed by atoms with Crippen LogP contribution in [0.3, 0.4) is 0 Å². The van der Waals surface area contributed by atoms with Crippen LogP contribution in [0.25, 0.3) is 0 Å². The number of aromatic nitrogens is 1. The Morgan fingerprint density at radius 2 is 2.04 bits per heavy atom. The quantitative estimate of drug-likeness (QED) is 0.805. The molecular formula is C16H16BrN3O3. The van der Waals surface area contributed by atoms with Crippen molar-refractivity contribution >= 4 is 27.7 Å². The Morgan fingerprint density at radius 3 is 2.70 bits per heavy atom. The fraction of sp³-hybridized carbons (Fsp3) is 0.188. The summed E-state index contributed by atoms with van der Waals surface area (Å²) in [6, 6.07) is 10.5. The molecule has 0 saturated carbocycles. The van der Waals surface area contributed by atoms with Crippen LogP contribution in [-0.4, -0.2) is 30.5 Å². The number of nitrogens with zero attached hydrogens (tertiary/aromatic N) is 1. The number of nitrogens with one attached hydrogen (secondary N) is 2. The van der Waals surface area contributed by atoms with Gasteiger partial charge in [-0.2, -0.15) is 0 Å². The number of amides is 2. The lowest BCUT2D eigenvalue weighted by Crippen LogP contribution is -2.36. The Balaban J connectivity index is 1.77. The van der Waals surface area contributed by atoms with Gasteiger partial charge in [0, 0.05) is 28.8 Å². The summed E-state index contributed by atoms with van der Waals surface area (Å²) in [5.74, 6) is -0.0573. The van der Waals surface area contributed by atoms with Crippen LogP contribution >= 0.6 is 15.9 Å². The van der Waals surface area contributed by atoms with Gasteiger partial charge in [-0.15, -0.1) is 0 Å². The number of ether oxygens (including phenoxy) is 1. The first-order valence-corrected chi connectivity index (χ1v) is 7.67. The molecule has 2 N–H and O–H groups in total. The zero-order valence-corrected chi connectivity index (χ0v) is 14.1. The standard InChI is InChI=1S/C16H16BrN3O3/c1-23-15-6-5-11(9-19-15)8-18-14(21)10-20-16(22)12-3-2-4-13(17)7-12/h2-7,9H,8,10H2,1H3,(H,18,21)(H,20,22). The smallest absolute Gasteiger partial charge is 0.251 e. The molecule has 0 radical (unpaired) electrons. The van der Waals surface area contributed by atoms with Gasteiger partial charge in [0.15, 0.2) is 0 Å². The lowest BCUT2D eigenvalue weighted by Gasteiger charge is -2.07. The van der Waals surface area contributed by atoms with Crippen molar-refractivity contribution in [2.45, 2.75) is 6.54 Å². The normalized spacial score (nSPS) is 10.0. The molecule has 7 heteroatoms. The van der Waals surface area contributed by atoms with E-state index in [1.165, 1.54) is 7.11 Å². The molecule has 1 aromatic heterocycles. The van der Waals surface area contributed by atoms with Crippen LogP contribution < -0.4 is 15.4 Å². The van der Waals surface area contributed by atoms with Crippen molar-refractivity contribution in [3.63, 3.8) is 0 Å². The molecule has 0 fully saturated rings. The van der Waals surface area contributed by atoms with Crippen LogP contribution in [0.4, 0.5) is 0 Å². The first-order valence-electron chi connectivity index (χ1n) is 6.88. The summed E-state index contributed by atoms with van der Waals surface area (Å²) < 4.78 is 5.77. The highest BCUT2D eigenvalue weighted by Crippen LogP contribution is 2.11. The molecule has 23 heavy (non-hydrogen) atoms. The number of methoxy groups -OCH3 is 1. The Hall–Kier alpha value is -2.41. The van der Waals surface area contributed by atoms with Crippen LogP contribution in [0.1, 0.15) is 15.9 Å². The van der Waals surface area contributed by atoms with Gasteiger partial charge in [0.25, 0.3) is 5.91 Å². The van der Waals surface area contributed by atoms with Gasteiger partial charge in [-0.25, -0.2) is 4.98 Å². The summed E-state index contributed by atoms with van der Waals surface area (Å²) in [7, 11) is 1.54. The van der Waals surface area contributed by atoms with Gasteiger partial charge < -0.3 is 15.4 Å². The molecule has 0 aliphatic rings. The first-order chi connectivity index (χ1) is 11.1. The van der Waals surface area contributed by atoms with E-state index in [-0.39, 0.29) is 18.4 Å². The molecule has 0 unspecified atom stereocenters. The fourth-order valence-electron chi connectivity index (χ4n) is 1.79. The highest BCUT2D eigenvalue weighted by molar-refractivity contribution is 9.10. The van der Waals surface area contributed by atoms with Gasteiger partial charge in [0.05, 0.1) is 13.7 Å². The van der Waals surface area contributed by atoms with Crippen LogP contribution in [0.2, 0.25) is 0 Å². The van der Waals surface area contributed by atoms with E-state index < -0.39 is 0 Å². The Labute approximate surface area is 142 Å². The monoisotopic (exact) mass is 377 g/mol. The molecule has 2 rings (SSSR count). The number of rotatable bonds is 6. The van der Waals surface area contributed by atoms with Crippen LogP contribution in [0, 0.1) is 0 Å². The number of benzene rings is 1. The summed E-state index contributed by atoms with van der Waals surface area (Å²) in [5, 5.41) is 5.28. The third-order valence-electron chi connectivity index (χ3n) is 2.99. The summed E-state index contributed by atoms with van der Waals surface area (Å²) in [6.45, 7) is 0.248. The van der Waals surface area contributed by atoms with E-state index in [4.69, 9.17) is 4.74 Å². The van der Waals surface area contributed by atoms with E-state index in [1.807, 2.05) is 12.1 Å². The molecule has 0 spiro atoms. The number of halogens is 1. The van der Waals surface area contributed by atoms with Gasteiger partial charge in [-0.1, -0.05) is 28.1 Å². The van der Waals surface area contributed by atoms with Crippen molar-refractivity contribution in [3.8, 4) is 5.88 Å². The lowest BCUT2D eigenvalue weighted by atomic mass is 10.2. The van der Waals surface area contributed by atoms with E-state index in [1.54, 1.807) is 30.5 Å². The molecule has 0 aliphatic heterocycles. The lowest BCUT2D eigenvalue weighted by molar-refractivity contribution is -0.120. The molecule has 0 bridgehead atoms. The maximum absolute atomic E-state index is 11.9. The molecule has 0 atom stereocenters. The van der Waals surface area contributed by atoms with Crippen molar-refractivity contribution in [3.05, 3.63) is 58.2 Å². The van der Waals surface area contributed by atoms with Gasteiger partial charge in [-0.3, -0.25) is 9.59 Å². The second-order valence-electron chi connectivity index (χ2n) is 4.68. The maximum Gasteiger partial charge on any atom is 0.251 e. The van der Waals surface area contributed by atoms with Crippen LogP contribution in [0.5, 0.6) is 5.88 Å². The summed E-state index contributed by atoms with van der Waals surface area (Å²) in [5.41, 5.74) is 1.34.